The van der Waals surface area contributed by atoms with E-state index >= 15 is 26.3 Å². The van der Waals surface area contributed by atoms with Gasteiger partial charge in [-0.2, -0.15) is 19.6 Å². The smallest absolute Gasteiger partial charge is 0.386 e. The monoisotopic (exact) mass is 2140 g/mol. The largest absolute Gasteiger partial charge is 0.398 e. The van der Waals surface area contributed by atoms with Gasteiger partial charge in [0.05, 0.1) is 69.6 Å². The molecule has 21 heterocycles. The number of ether oxygens (including phenoxy) is 5. The van der Waals surface area contributed by atoms with Gasteiger partial charge < -0.3 is 114 Å². The number of imidazole rings is 3. The Bertz CT molecular complexity index is 6500. The molecule has 0 aliphatic carbocycles. The maximum Gasteiger partial charge on any atom is 0.386 e. The molecule has 12 aromatic rings. The van der Waals surface area contributed by atoms with Crippen LogP contribution in [0.25, 0.3) is 66.7 Å². The third kappa shape index (κ3) is 18.9. The van der Waals surface area contributed by atoms with E-state index in [1.807, 2.05) is 0 Å². The molecule has 52 nitrogen and oxygen atoms in total. The summed E-state index contributed by atoms with van der Waals surface area (Å²) in [6.07, 6.45) is -25.0. The van der Waals surface area contributed by atoms with Crippen molar-refractivity contribution in [3.63, 3.8) is 0 Å². The summed E-state index contributed by atoms with van der Waals surface area (Å²) in [6, 6.07) is 7.90. The first-order chi connectivity index (χ1) is 63.9. The summed E-state index contributed by atoms with van der Waals surface area (Å²) in [5.41, 5.74) is 34.5. The minimum atomic E-state index is -4.43. The van der Waals surface area contributed by atoms with Crippen molar-refractivity contribution in [3.05, 3.63) is 111 Å². The number of alkyl halides is 6. The summed E-state index contributed by atoms with van der Waals surface area (Å²) in [5.74, 6) is -0.717. The summed E-state index contributed by atoms with van der Waals surface area (Å²) >= 11 is 30.8. The van der Waals surface area contributed by atoms with E-state index in [0.717, 1.165) is 33.7 Å². The van der Waals surface area contributed by atoms with E-state index in [4.69, 9.17) is 171 Å². The Morgan fingerprint density at radius 1 is 0.393 bits per heavy atom. The van der Waals surface area contributed by atoms with Crippen molar-refractivity contribution in [3.8, 4) is 0 Å². The number of nitrogens with zero attached hydrogens (tertiary/aromatic N) is 17. The Morgan fingerprint density at radius 2 is 0.748 bits per heavy atom. The number of aromatic amines is 3. The fourth-order valence-corrected chi connectivity index (χ4v) is 26.3. The lowest BCUT2D eigenvalue weighted by Crippen LogP contribution is -2.34. The zero-order valence-corrected chi connectivity index (χ0v) is 78.5. The van der Waals surface area contributed by atoms with Crippen LogP contribution in [-0.2, 0) is 142 Å². The number of thioether (sulfide) groups is 1. The molecule has 135 heavy (non-hydrogen) atoms. The number of rotatable bonds is 6. The number of hydrogen-bond acceptors (Lipinski definition) is 44. The van der Waals surface area contributed by atoms with E-state index in [9.17, 15) is 43.4 Å². The first kappa shape index (κ1) is 96.5. The fraction of sp³-hybridized carbons (Fsp3) is 0.469. The molecule has 0 saturated carbocycles. The zero-order valence-electron chi connectivity index (χ0n) is 67.3. The van der Waals surface area contributed by atoms with Crippen LogP contribution in [0, 0.1) is 0 Å². The van der Waals surface area contributed by atoms with Gasteiger partial charge in [0.15, 0.2) is 107 Å². The summed E-state index contributed by atoms with van der Waals surface area (Å²) < 4.78 is 212. The van der Waals surface area contributed by atoms with E-state index in [1.54, 1.807) is 24.3 Å². The minimum absolute atomic E-state index is 0.0131. The van der Waals surface area contributed by atoms with Gasteiger partial charge in [0.1, 0.15) is 90.0 Å². The molecule has 20 N–H and O–H groups in total. The average molecular weight is 2140 g/mol. The first-order valence-electron chi connectivity index (χ1n) is 39.2. The van der Waals surface area contributed by atoms with E-state index in [1.165, 1.54) is 61.6 Å². The second-order valence-electron chi connectivity index (χ2n) is 30.7. The molecule has 9 fully saturated rings. The predicted octanol–water partition coefficient (Wildman–Crippen LogP) is 3.49. The molecule has 9 aliphatic heterocycles. The lowest BCUT2D eigenvalue weighted by atomic mass is 10.1. The number of H-pyrrole nitrogens is 3. The van der Waals surface area contributed by atoms with Crippen LogP contribution in [0.1, 0.15) is 36.5 Å². The highest BCUT2D eigenvalue weighted by atomic mass is 32.7. The van der Waals surface area contributed by atoms with Gasteiger partial charge in [-0.25, -0.2) is 60.8 Å². The number of halogens is 6. The highest BCUT2D eigenvalue weighted by Gasteiger charge is 2.59. The number of thiol groups is 1. The lowest BCUT2D eigenvalue weighted by molar-refractivity contribution is -0.0598. The summed E-state index contributed by atoms with van der Waals surface area (Å²) in [4.78, 5) is 136. The average Bonchev–Trinajstić information content (AvgIpc) is 1.63. The molecule has 9 saturated heterocycles. The molecule has 9 aliphatic rings. The number of anilines is 6. The zero-order chi connectivity index (χ0) is 95.5. The van der Waals surface area contributed by atoms with Crippen molar-refractivity contribution < 1.29 is 133 Å². The molecule has 0 spiro atoms. The molecule has 0 radical (unpaired) electrons. The van der Waals surface area contributed by atoms with Crippen LogP contribution >= 0.6 is 64.4 Å². The molecular weight excluding hydrogens is 2070 g/mol. The summed E-state index contributed by atoms with van der Waals surface area (Å²) in [7, 11) is 0. The number of aromatic nitrogens is 20. The highest BCUT2D eigenvalue weighted by molar-refractivity contribution is 8.44. The third-order valence-corrected chi connectivity index (χ3v) is 33.1. The van der Waals surface area contributed by atoms with Gasteiger partial charge in [-0.15, -0.1) is 16.9 Å². The van der Waals surface area contributed by atoms with Crippen LogP contribution < -0.4 is 51.1 Å². The SMILES string of the molecule is Nc1nc2c(ncn2[C@@H]2O[C@@H]3COP(=O)(S)O[C@H]4[C@H](F)[C@H](n5ccc6c(N)ccnc65)O[C@@H]4COP(O)(=S)O[C@@H]2[C@@H]3F)c(=O)[nH]1.Nc1nc2c(ncn2[C@@H]2O[C@@H]3COP(O)(=S)O[C@H]4[C@H](F)[C@H](n5ccc6c(N)ccnc65)O[C@@H]4COP(O)(=S)O[C@@H]2[C@@H]3F)c(=O)[nH]1.Nc1nc2c(ncn2[C@@H]2S[C@@H]3COP(O)(=S)O[C@H]4[C@H](F)[C@H](n5nnc6c(N)ccnc65)O[C@@H]4COP(O)(=S)O[C@@H]2[C@H]3F)c(=O)[nH]1. The second kappa shape index (κ2) is 36.9. The van der Waals surface area contributed by atoms with Crippen LogP contribution in [-0.4, -0.2) is 271 Å². The van der Waals surface area contributed by atoms with Crippen LogP contribution in [0.5, 0.6) is 0 Å². The number of fused-ring (bicyclic) bond motifs is 15. The van der Waals surface area contributed by atoms with Crippen LogP contribution in [0.15, 0.2) is 94.7 Å². The highest BCUT2D eigenvalue weighted by Crippen LogP contribution is 2.62. The van der Waals surface area contributed by atoms with Crippen molar-refractivity contribution in [2.45, 2.75) is 146 Å². The molecule has 0 aromatic carbocycles. The number of nitrogen functional groups attached to an aromatic ring is 6. The first-order valence-corrected chi connectivity index (χ1v) is 55.8. The molecule has 726 valence electrons. The standard InChI is InChI=1S/2C22H24F2N8O9P2S2.C20H22F2N10O8P2S3/c2*23-12-10-5-36-42(34,44)40-15-11(39-20(13(15)24)31-4-2-8-9(25)1-3-27-17(8)31)6-37-43(35,45)41-16(12)21(38-10)32-7-28-14-18(32)29-22(26)30-19(14)33;21-9-8-4-37-42(35,44)39-13-7(38-18(10(13)22)32-15-11(29-30-32)6(23)1-2-25-15)3-36-41(34,43)40-14(9)19(45-8)31-5-26-12-16(31)27-20(24)28-17(12)33/h2*1-4,7,10-13,15-16,20-21H,5-6H2,(H2,25,27)(H,34,44)(H,35,45)(H3,26,29,30,33);1-2,5,7-10,13-14,18-19H,3-4H2,(H2,23,25)(H,34,43)(H,35,44)(H3,24,27,28,33)/t2*10-,11-,12-,13+,15-,16-,20-,21-,42?,43?;7-,8-,9+,10+,13-,14-,18-,19-,41?,42?/m111/s1. The Hall–Kier alpha value is -7.34. The van der Waals surface area contributed by atoms with Crippen LogP contribution in [0.3, 0.4) is 0 Å². The van der Waals surface area contributed by atoms with Gasteiger partial charge in [0, 0.05) is 53.1 Å². The van der Waals surface area contributed by atoms with E-state index < -0.39 is 243 Å². The number of pyridine rings is 3. The maximum atomic E-state index is 16.0. The van der Waals surface area contributed by atoms with Crippen molar-refractivity contribution >= 4 is 225 Å². The van der Waals surface area contributed by atoms with E-state index in [2.05, 4.69) is 82.4 Å². The van der Waals surface area contributed by atoms with Gasteiger partial charge >= 0.3 is 40.4 Å². The molecule has 71 heteroatoms. The number of nitrogens with one attached hydrogen (secondary N) is 3. The third-order valence-electron chi connectivity index (χ3n) is 22.2. The Kier molecular flexibility index (Phi) is 26.4. The van der Waals surface area contributed by atoms with Crippen molar-refractivity contribution in [2.75, 3.05) is 74.0 Å². The molecule has 12 aromatic heterocycles. The molecule has 6 unspecified atom stereocenters. The molecule has 6 bridgehead atoms. The Labute approximate surface area is 782 Å². The minimum Gasteiger partial charge on any atom is -0.398 e. The molecule has 0 amide bonds. The molecular formula is C64H70F6N26O26P6S7. The van der Waals surface area contributed by atoms with Crippen LogP contribution in [0.2, 0.25) is 0 Å². The number of nitrogens with two attached hydrogens (primary N) is 6. The Morgan fingerprint density at radius 3 is 1.20 bits per heavy atom. The quantitative estimate of drug-likeness (QED) is 0.0643. The second-order valence-corrected chi connectivity index (χ2v) is 48.9. The van der Waals surface area contributed by atoms with Gasteiger partial charge in [0.25, 0.3) is 16.7 Å². The number of hydrogen-bond donors (Lipinski definition) is 15. The van der Waals surface area contributed by atoms with Crippen molar-refractivity contribution in [1.82, 2.24) is 97.6 Å². The van der Waals surface area contributed by atoms with Gasteiger partial charge in [-0.3, -0.25) is 74.7 Å². The van der Waals surface area contributed by atoms with E-state index in [0.29, 0.717) is 33.4 Å². The van der Waals surface area contributed by atoms with Gasteiger partial charge in [-0.05, 0) is 89.4 Å². The fourth-order valence-electron chi connectivity index (χ4n) is 16.1. The summed E-state index contributed by atoms with van der Waals surface area (Å²) in [6.45, 7) is -29.8. The predicted molar refractivity (Wildman–Crippen MR) is 479 cm³/mol. The van der Waals surface area contributed by atoms with Crippen molar-refractivity contribution in [2.24, 2.45) is 0 Å². The van der Waals surface area contributed by atoms with Crippen molar-refractivity contribution in [1.29, 1.82) is 0 Å². The van der Waals surface area contributed by atoms with Gasteiger partial charge in [0.2, 0.25) is 17.8 Å². The van der Waals surface area contributed by atoms with E-state index in [-0.39, 0.29) is 68.2 Å². The van der Waals surface area contributed by atoms with Crippen LogP contribution in [0.4, 0.5) is 61.2 Å². The molecule has 21 rings (SSSR count). The van der Waals surface area contributed by atoms with Gasteiger partial charge in [-0.1, -0.05) is 17.5 Å². The molecule has 30 atom stereocenters. The lowest BCUT2D eigenvalue weighted by Gasteiger charge is -2.27. The summed E-state index contributed by atoms with van der Waals surface area (Å²) in [5, 5.41) is 6.81. The maximum absolute atomic E-state index is 16.0. The normalized spacial score (nSPS) is 37.7. The topological polar surface area (TPSA) is 701 Å². The Balaban J connectivity index is 0.000000130.